The summed E-state index contributed by atoms with van der Waals surface area (Å²) >= 11 is 0. The Morgan fingerprint density at radius 3 is 2.15 bits per heavy atom. The van der Waals surface area contributed by atoms with E-state index in [4.69, 9.17) is 4.74 Å². The number of ether oxygens (including phenoxy) is 1. The average Bonchev–Trinajstić information content (AvgIpc) is 2.68. The molecule has 0 N–H and O–H groups in total. The van der Waals surface area contributed by atoms with Crippen LogP contribution >= 0.6 is 0 Å². The molecule has 2 aliphatic heterocycles. The van der Waals surface area contributed by atoms with Gasteiger partial charge < -0.3 is 9.64 Å². The van der Waals surface area contributed by atoms with Crippen molar-refractivity contribution in [3.05, 3.63) is 29.8 Å². The van der Waals surface area contributed by atoms with E-state index in [0.29, 0.717) is 50.2 Å². The zero-order chi connectivity index (χ0) is 18.7. The predicted molar refractivity (Wildman–Crippen MR) is 99.4 cm³/mol. The van der Waals surface area contributed by atoms with Crippen LogP contribution in [0.5, 0.6) is 0 Å². The summed E-state index contributed by atoms with van der Waals surface area (Å²) in [5.41, 5.74) is 1.12. The molecule has 144 valence electrons. The predicted octanol–water partition coefficient (Wildman–Crippen LogP) is 2.07. The van der Waals surface area contributed by atoms with Gasteiger partial charge in [-0.3, -0.25) is 4.79 Å². The second-order valence-corrected chi connectivity index (χ2v) is 9.28. The van der Waals surface area contributed by atoms with Crippen molar-refractivity contribution in [1.29, 1.82) is 0 Å². The van der Waals surface area contributed by atoms with E-state index < -0.39 is 10.0 Å². The second-order valence-electron chi connectivity index (χ2n) is 7.34. The molecule has 0 aromatic heterocycles. The van der Waals surface area contributed by atoms with Crippen molar-refractivity contribution < 1.29 is 17.9 Å². The van der Waals surface area contributed by atoms with Crippen LogP contribution < -0.4 is 0 Å². The van der Waals surface area contributed by atoms with Gasteiger partial charge in [-0.1, -0.05) is 26.0 Å². The molecule has 2 fully saturated rings. The van der Waals surface area contributed by atoms with Gasteiger partial charge in [0.15, 0.2) is 0 Å². The SMILES string of the molecule is CC(C)c1ccc(S(=O)(=O)N2CCN(C(=O)C3CCOCC3)CC2)cc1. The van der Waals surface area contributed by atoms with Crippen LogP contribution in [0.3, 0.4) is 0 Å². The molecule has 0 atom stereocenters. The number of sulfonamides is 1. The fraction of sp³-hybridized carbons (Fsp3) is 0.632. The Morgan fingerprint density at radius 2 is 1.62 bits per heavy atom. The van der Waals surface area contributed by atoms with Crippen molar-refractivity contribution in [2.75, 3.05) is 39.4 Å². The van der Waals surface area contributed by atoms with Gasteiger partial charge in [-0.15, -0.1) is 0 Å². The summed E-state index contributed by atoms with van der Waals surface area (Å²) in [6.07, 6.45) is 1.53. The molecule has 0 saturated carbocycles. The third-order valence-electron chi connectivity index (χ3n) is 5.31. The van der Waals surface area contributed by atoms with E-state index in [1.807, 2.05) is 17.0 Å². The number of hydrogen-bond donors (Lipinski definition) is 0. The van der Waals surface area contributed by atoms with E-state index in [9.17, 15) is 13.2 Å². The summed E-state index contributed by atoms with van der Waals surface area (Å²) < 4.78 is 32.5. The number of carbonyl (C=O) groups is 1. The minimum absolute atomic E-state index is 0.0236. The van der Waals surface area contributed by atoms with E-state index in [-0.39, 0.29) is 11.8 Å². The summed E-state index contributed by atoms with van der Waals surface area (Å²) in [5, 5.41) is 0. The molecule has 2 saturated heterocycles. The van der Waals surface area contributed by atoms with Gasteiger partial charge in [0.1, 0.15) is 0 Å². The number of nitrogens with zero attached hydrogens (tertiary/aromatic N) is 2. The normalized spacial score (nSPS) is 20.5. The summed E-state index contributed by atoms with van der Waals surface area (Å²) in [6, 6.07) is 7.12. The Kier molecular flexibility index (Phi) is 5.99. The summed E-state index contributed by atoms with van der Waals surface area (Å²) in [5.74, 6) is 0.536. The highest BCUT2D eigenvalue weighted by Crippen LogP contribution is 2.23. The number of rotatable bonds is 4. The van der Waals surface area contributed by atoms with Crippen molar-refractivity contribution in [1.82, 2.24) is 9.21 Å². The van der Waals surface area contributed by atoms with E-state index in [1.165, 1.54) is 4.31 Å². The number of benzene rings is 1. The molecule has 1 aromatic carbocycles. The largest absolute Gasteiger partial charge is 0.381 e. The monoisotopic (exact) mass is 380 g/mol. The van der Waals surface area contributed by atoms with Gasteiger partial charge >= 0.3 is 0 Å². The Balaban J connectivity index is 1.62. The molecule has 6 nitrogen and oxygen atoms in total. The zero-order valence-electron chi connectivity index (χ0n) is 15.6. The standard InChI is InChI=1S/C19H28N2O4S/c1-15(2)16-3-5-18(6-4-16)26(23,24)21-11-9-20(10-12-21)19(22)17-7-13-25-14-8-17/h3-6,15,17H,7-14H2,1-2H3. The molecule has 0 spiro atoms. The minimum atomic E-state index is -3.50. The van der Waals surface area contributed by atoms with Gasteiger partial charge in [-0.05, 0) is 36.5 Å². The molecule has 0 radical (unpaired) electrons. The molecule has 0 unspecified atom stereocenters. The van der Waals surface area contributed by atoms with E-state index >= 15 is 0 Å². The fourth-order valence-electron chi connectivity index (χ4n) is 3.53. The average molecular weight is 381 g/mol. The smallest absolute Gasteiger partial charge is 0.243 e. The molecule has 0 bridgehead atoms. The van der Waals surface area contributed by atoms with Crippen molar-refractivity contribution in [2.24, 2.45) is 5.92 Å². The van der Waals surface area contributed by atoms with Gasteiger partial charge in [-0.2, -0.15) is 4.31 Å². The van der Waals surface area contributed by atoms with Crippen LogP contribution in [0.4, 0.5) is 0 Å². The van der Waals surface area contributed by atoms with Gasteiger partial charge in [0.25, 0.3) is 0 Å². The first-order valence-corrected chi connectivity index (χ1v) is 10.8. The number of piperazine rings is 1. The van der Waals surface area contributed by atoms with Gasteiger partial charge in [-0.25, -0.2) is 8.42 Å². The highest BCUT2D eigenvalue weighted by Gasteiger charge is 2.33. The Morgan fingerprint density at radius 1 is 1.04 bits per heavy atom. The Hall–Kier alpha value is -1.44. The Labute approximate surface area is 156 Å². The number of hydrogen-bond acceptors (Lipinski definition) is 4. The van der Waals surface area contributed by atoms with Crippen LogP contribution in [0, 0.1) is 5.92 Å². The molecule has 1 amide bonds. The maximum Gasteiger partial charge on any atom is 0.243 e. The topological polar surface area (TPSA) is 66.9 Å². The summed E-state index contributed by atoms with van der Waals surface area (Å²) in [4.78, 5) is 14.7. The van der Waals surface area contributed by atoms with Crippen molar-refractivity contribution in [3.8, 4) is 0 Å². The lowest BCUT2D eigenvalue weighted by molar-refractivity contribution is -0.139. The third kappa shape index (κ3) is 4.10. The van der Waals surface area contributed by atoms with Crippen LogP contribution in [0.15, 0.2) is 29.2 Å². The van der Waals surface area contributed by atoms with Crippen molar-refractivity contribution in [2.45, 2.75) is 37.5 Å². The quantitative estimate of drug-likeness (QED) is 0.802. The third-order valence-corrected chi connectivity index (χ3v) is 7.22. The van der Waals surface area contributed by atoms with E-state index in [1.54, 1.807) is 12.1 Å². The highest BCUT2D eigenvalue weighted by molar-refractivity contribution is 7.89. The van der Waals surface area contributed by atoms with Crippen LogP contribution in [-0.4, -0.2) is 62.9 Å². The fourth-order valence-corrected chi connectivity index (χ4v) is 4.95. The number of carbonyl (C=O) groups excluding carboxylic acids is 1. The molecule has 2 aliphatic rings. The van der Waals surface area contributed by atoms with Crippen LogP contribution in [-0.2, 0) is 19.6 Å². The maximum absolute atomic E-state index is 12.9. The second kappa shape index (κ2) is 8.06. The number of amides is 1. The van der Waals surface area contributed by atoms with E-state index in [2.05, 4.69) is 13.8 Å². The molecule has 2 heterocycles. The first kappa shape index (κ1) is 19.3. The van der Waals surface area contributed by atoms with Crippen LogP contribution in [0.2, 0.25) is 0 Å². The zero-order valence-corrected chi connectivity index (χ0v) is 16.4. The molecule has 7 heteroatoms. The molecule has 1 aromatic rings. The summed E-state index contributed by atoms with van der Waals surface area (Å²) in [6.45, 7) is 7.05. The van der Waals surface area contributed by atoms with Gasteiger partial charge in [0, 0.05) is 45.3 Å². The van der Waals surface area contributed by atoms with Gasteiger partial charge in [0.2, 0.25) is 15.9 Å². The maximum atomic E-state index is 12.9. The lowest BCUT2D eigenvalue weighted by Gasteiger charge is -2.36. The molecule has 26 heavy (non-hydrogen) atoms. The molecule has 3 rings (SSSR count). The first-order valence-electron chi connectivity index (χ1n) is 9.36. The molecular formula is C19H28N2O4S. The molecular weight excluding hydrogens is 352 g/mol. The van der Waals surface area contributed by atoms with E-state index in [0.717, 1.165) is 18.4 Å². The summed E-state index contributed by atoms with van der Waals surface area (Å²) in [7, 11) is -3.50. The highest BCUT2D eigenvalue weighted by atomic mass is 32.2. The van der Waals surface area contributed by atoms with Crippen LogP contribution in [0.25, 0.3) is 0 Å². The van der Waals surface area contributed by atoms with Crippen molar-refractivity contribution in [3.63, 3.8) is 0 Å². The molecule has 0 aliphatic carbocycles. The Bertz CT molecular complexity index is 716. The minimum Gasteiger partial charge on any atom is -0.381 e. The first-order chi connectivity index (χ1) is 12.4. The lowest BCUT2D eigenvalue weighted by atomic mass is 9.98. The van der Waals surface area contributed by atoms with Gasteiger partial charge in [0.05, 0.1) is 4.90 Å². The lowest BCUT2D eigenvalue weighted by Crippen LogP contribution is -2.52. The van der Waals surface area contributed by atoms with Crippen LogP contribution in [0.1, 0.15) is 38.2 Å². The van der Waals surface area contributed by atoms with Crippen molar-refractivity contribution >= 4 is 15.9 Å².